The molecule has 100 valence electrons. The van der Waals surface area contributed by atoms with Crippen LogP contribution in [0.25, 0.3) is 0 Å². The van der Waals surface area contributed by atoms with Crippen LogP contribution in [0, 0.1) is 0 Å². The third-order valence-corrected chi connectivity index (χ3v) is 4.21. The molecule has 1 spiro atoms. The van der Waals surface area contributed by atoms with Gasteiger partial charge in [-0.15, -0.1) is 0 Å². The van der Waals surface area contributed by atoms with Crippen molar-refractivity contribution < 1.29 is 9.47 Å². The van der Waals surface area contributed by atoms with Gasteiger partial charge in [-0.3, -0.25) is 0 Å². The minimum atomic E-state index is 0.0633. The highest BCUT2D eigenvalue weighted by atomic mass is 16.5. The predicted molar refractivity (Wildman–Crippen MR) is 69.3 cm³/mol. The van der Waals surface area contributed by atoms with E-state index in [-0.39, 0.29) is 5.60 Å². The number of hydrogen-bond donors (Lipinski definition) is 1. The Morgan fingerprint density at radius 2 is 1.88 bits per heavy atom. The Morgan fingerprint density at radius 1 is 1.18 bits per heavy atom. The van der Waals surface area contributed by atoms with Gasteiger partial charge in [0.15, 0.2) is 0 Å². The molecule has 0 bridgehead atoms. The summed E-state index contributed by atoms with van der Waals surface area (Å²) in [6.07, 6.45) is 9.17. The maximum Gasteiger partial charge on any atom is 0.0857 e. The average molecular weight is 241 g/mol. The van der Waals surface area contributed by atoms with Gasteiger partial charge in [0.1, 0.15) is 0 Å². The molecule has 0 radical (unpaired) electrons. The zero-order valence-corrected chi connectivity index (χ0v) is 11.2. The molecule has 3 heteroatoms. The summed E-state index contributed by atoms with van der Waals surface area (Å²) in [5.41, 5.74) is 0.0633. The fourth-order valence-corrected chi connectivity index (χ4v) is 3.22. The summed E-state index contributed by atoms with van der Waals surface area (Å²) in [5, 5.41) is 3.61. The van der Waals surface area contributed by atoms with Gasteiger partial charge in [0, 0.05) is 13.2 Å². The van der Waals surface area contributed by atoms with Gasteiger partial charge >= 0.3 is 0 Å². The first-order chi connectivity index (χ1) is 8.37. The maximum atomic E-state index is 6.21. The van der Waals surface area contributed by atoms with Crippen LogP contribution in [0.1, 0.15) is 51.9 Å². The van der Waals surface area contributed by atoms with Crippen molar-refractivity contribution in [3.8, 4) is 0 Å². The van der Waals surface area contributed by atoms with Crippen LogP contribution in [0.15, 0.2) is 0 Å². The standard InChI is InChI=1S/C14H27NO2/c1-2-16-12-13-14(17-11-10-15-13)8-6-4-3-5-7-9-14/h13,15H,2-12H2,1H3. The van der Waals surface area contributed by atoms with Crippen molar-refractivity contribution in [2.45, 2.75) is 63.5 Å². The predicted octanol–water partition coefficient (Wildman–Crippen LogP) is 2.49. The molecule has 2 aliphatic rings. The molecule has 3 nitrogen and oxygen atoms in total. The Bertz CT molecular complexity index is 212. The highest BCUT2D eigenvalue weighted by Crippen LogP contribution is 2.34. The van der Waals surface area contributed by atoms with Crippen LogP contribution in [0.5, 0.6) is 0 Å². The van der Waals surface area contributed by atoms with E-state index in [1.54, 1.807) is 0 Å². The highest BCUT2D eigenvalue weighted by Gasteiger charge is 2.41. The summed E-state index contributed by atoms with van der Waals surface area (Å²) in [5.74, 6) is 0. The van der Waals surface area contributed by atoms with E-state index in [4.69, 9.17) is 9.47 Å². The highest BCUT2D eigenvalue weighted by molar-refractivity contribution is 4.96. The molecule has 1 unspecified atom stereocenters. The number of rotatable bonds is 3. The van der Waals surface area contributed by atoms with Crippen LogP contribution in [0.3, 0.4) is 0 Å². The zero-order valence-electron chi connectivity index (χ0n) is 11.2. The first-order valence-corrected chi connectivity index (χ1v) is 7.32. The lowest BCUT2D eigenvalue weighted by molar-refractivity contribution is -0.126. The van der Waals surface area contributed by atoms with Gasteiger partial charge < -0.3 is 14.8 Å². The molecule has 1 aliphatic carbocycles. The van der Waals surface area contributed by atoms with E-state index >= 15 is 0 Å². The average Bonchev–Trinajstić information content (AvgIpc) is 2.33. The van der Waals surface area contributed by atoms with Crippen molar-refractivity contribution in [2.24, 2.45) is 0 Å². The van der Waals surface area contributed by atoms with E-state index in [1.165, 1.54) is 44.9 Å². The Morgan fingerprint density at radius 3 is 2.59 bits per heavy atom. The van der Waals surface area contributed by atoms with Gasteiger partial charge in [0.05, 0.1) is 24.9 Å². The Kier molecular flexibility index (Phi) is 5.26. The lowest BCUT2D eigenvalue weighted by Crippen LogP contribution is -2.60. The molecule has 2 fully saturated rings. The summed E-state index contributed by atoms with van der Waals surface area (Å²) in [6.45, 7) is 5.50. The lowest BCUT2D eigenvalue weighted by Gasteiger charge is -2.45. The van der Waals surface area contributed by atoms with E-state index in [9.17, 15) is 0 Å². The van der Waals surface area contributed by atoms with Gasteiger partial charge in [-0.25, -0.2) is 0 Å². The van der Waals surface area contributed by atoms with E-state index in [0.29, 0.717) is 6.04 Å². The molecule has 0 aromatic carbocycles. The van der Waals surface area contributed by atoms with E-state index in [0.717, 1.165) is 26.4 Å². The first-order valence-electron chi connectivity index (χ1n) is 7.32. The van der Waals surface area contributed by atoms with Crippen LogP contribution < -0.4 is 5.32 Å². The van der Waals surface area contributed by atoms with Gasteiger partial charge in [0.2, 0.25) is 0 Å². The summed E-state index contributed by atoms with van der Waals surface area (Å²) in [4.78, 5) is 0. The van der Waals surface area contributed by atoms with Crippen LogP contribution >= 0.6 is 0 Å². The second-order valence-electron chi connectivity index (χ2n) is 5.35. The number of nitrogens with one attached hydrogen (secondary N) is 1. The fourth-order valence-electron chi connectivity index (χ4n) is 3.22. The largest absolute Gasteiger partial charge is 0.380 e. The molecule has 1 heterocycles. The maximum absolute atomic E-state index is 6.21. The Hall–Kier alpha value is -0.120. The number of ether oxygens (including phenoxy) is 2. The van der Waals surface area contributed by atoms with Gasteiger partial charge in [-0.2, -0.15) is 0 Å². The van der Waals surface area contributed by atoms with Crippen molar-refractivity contribution in [2.75, 3.05) is 26.4 Å². The molecule has 0 aromatic rings. The smallest absolute Gasteiger partial charge is 0.0857 e. The third-order valence-electron chi connectivity index (χ3n) is 4.21. The quantitative estimate of drug-likeness (QED) is 0.823. The Labute approximate surface area is 105 Å². The second-order valence-corrected chi connectivity index (χ2v) is 5.35. The molecule has 17 heavy (non-hydrogen) atoms. The van der Waals surface area contributed by atoms with Crippen LogP contribution in [-0.4, -0.2) is 38.0 Å². The number of morpholine rings is 1. The third kappa shape index (κ3) is 3.43. The molecule has 1 aliphatic heterocycles. The normalized spacial score (nSPS) is 29.8. The summed E-state index contributed by atoms with van der Waals surface area (Å²) >= 11 is 0. The van der Waals surface area contributed by atoms with E-state index < -0.39 is 0 Å². The van der Waals surface area contributed by atoms with Crippen LogP contribution in [0.4, 0.5) is 0 Å². The lowest BCUT2D eigenvalue weighted by atomic mass is 9.80. The number of hydrogen-bond acceptors (Lipinski definition) is 3. The second kappa shape index (κ2) is 6.72. The molecular weight excluding hydrogens is 214 g/mol. The van der Waals surface area contributed by atoms with Crippen molar-refractivity contribution >= 4 is 0 Å². The van der Waals surface area contributed by atoms with Crippen molar-refractivity contribution in [1.82, 2.24) is 5.32 Å². The minimum Gasteiger partial charge on any atom is -0.380 e. The topological polar surface area (TPSA) is 30.5 Å². The molecule has 1 saturated heterocycles. The summed E-state index contributed by atoms with van der Waals surface area (Å²) in [6, 6.07) is 0.397. The van der Waals surface area contributed by atoms with Crippen LogP contribution in [-0.2, 0) is 9.47 Å². The minimum absolute atomic E-state index is 0.0633. The molecular formula is C14H27NO2. The summed E-state index contributed by atoms with van der Waals surface area (Å²) in [7, 11) is 0. The molecule has 2 rings (SSSR count). The van der Waals surface area contributed by atoms with Crippen LogP contribution in [0.2, 0.25) is 0 Å². The van der Waals surface area contributed by atoms with E-state index in [2.05, 4.69) is 12.2 Å². The molecule has 1 saturated carbocycles. The Balaban J connectivity index is 1.99. The zero-order chi connectivity index (χ0) is 12.0. The van der Waals surface area contributed by atoms with Gasteiger partial charge in [-0.05, 0) is 19.8 Å². The van der Waals surface area contributed by atoms with Crippen molar-refractivity contribution in [3.63, 3.8) is 0 Å². The van der Waals surface area contributed by atoms with Crippen molar-refractivity contribution in [1.29, 1.82) is 0 Å². The molecule has 0 aromatic heterocycles. The first kappa shape index (κ1) is 13.3. The van der Waals surface area contributed by atoms with Crippen molar-refractivity contribution in [3.05, 3.63) is 0 Å². The van der Waals surface area contributed by atoms with Gasteiger partial charge in [0.25, 0.3) is 0 Å². The summed E-state index contributed by atoms with van der Waals surface area (Å²) < 4.78 is 11.8. The molecule has 1 atom stereocenters. The molecule has 1 N–H and O–H groups in total. The van der Waals surface area contributed by atoms with E-state index in [1.807, 2.05) is 0 Å². The van der Waals surface area contributed by atoms with Gasteiger partial charge in [-0.1, -0.05) is 32.1 Å². The fraction of sp³-hybridized carbons (Fsp3) is 1.00. The molecule has 0 amide bonds. The SMILES string of the molecule is CCOCC1NCCOC12CCCCCCC2. The monoisotopic (exact) mass is 241 g/mol.